The summed E-state index contributed by atoms with van der Waals surface area (Å²) in [5, 5.41) is 5.85. The molecule has 2 aromatic heterocycles. The third-order valence-corrected chi connectivity index (χ3v) is 4.09. The van der Waals surface area contributed by atoms with E-state index in [2.05, 4.69) is 47.7 Å². The summed E-state index contributed by atoms with van der Waals surface area (Å²) in [6.07, 6.45) is 6.12. The maximum absolute atomic E-state index is 4.18. The van der Waals surface area contributed by atoms with Crippen LogP contribution in [0.1, 0.15) is 49.2 Å². The normalized spacial score (nSPS) is 14.3. The van der Waals surface area contributed by atoms with Crippen LogP contribution in [-0.4, -0.2) is 4.98 Å². The Morgan fingerprint density at radius 2 is 2.22 bits per heavy atom. The zero-order valence-electron chi connectivity index (χ0n) is 11.0. The number of nitrogens with one attached hydrogen (secondary N) is 1. The number of hydrogen-bond acceptors (Lipinski definition) is 3. The van der Waals surface area contributed by atoms with E-state index in [0.29, 0.717) is 12.1 Å². The molecule has 2 atom stereocenters. The average molecular weight is 260 g/mol. The van der Waals surface area contributed by atoms with Gasteiger partial charge in [-0.15, -0.1) is 11.3 Å². The molecule has 2 unspecified atom stereocenters. The van der Waals surface area contributed by atoms with Gasteiger partial charge < -0.3 is 5.32 Å². The van der Waals surface area contributed by atoms with Crippen molar-refractivity contribution in [1.82, 2.24) is 10.3 Å². The minimum absolute atomic E-state index is 0.331. The molecule has 0 bridgehead atoms. The molecule has 0 fully saturated rings. The fraction of sp³-hybridized carbons (Fsp3) is 0.400. The van der Waals surface area contributed by atoms with Gasteiger partial charge in [0.25, 0.3) is 0 Å². The highest BCUT2D eigenvalue weighted by Gasteiger charge is 2.15. The minimum Gasteiger partial charge on any atom is -0.303 e. The molecule has 2 nitrogen and oxygen atoms in total. The molecule has 2 rings (SSSR count). The van der Waals surface area contributed by atoms with Gasteiger partial charge in [-0.05, 0) is 36.4 Å². The largest absolute Gasteiger partial charge is 0.303 e. The Morgan fingerprint density at radius 3 is 2.83 bits per heavy atom. The minimum atomic E-state index is 0.331. The standard InChI is InChI=1S/C15H20N2S/c1-3-6-14(15-8-5-10-18-15)17-12(2)13-7-4-9-16-11-13/h4-5,7-12,14,17H,3,6H2,1-2H3. The first-order chi connectivity index (χ1) is 8.81. The molecule has 0 aliphatic heterocycles. The summed E-state index contributed by atoms with van der Waals surface area (Å²) in [6.45, 7) is 4.43. The van der Waals surface area contributed by atoms with Crippen LogP contribution in [0.2, 0.25) is 0 Å². The predicted molar refractivity (Wildman–Crippen MR) is 77.8 cm³/mol. The number of hydrogen-bond donors (Lipinski definition) is 1. The second-order valence-corrected chi connectivity index (χ2v) is 5.51. The van der Waals surface area contributed by atoms with E-state index in [1.165, 1.54) is 23.3 Å². The Bertz CT molecular complexity index is 439. The first-order valence-corrected chi connectivity index (χ1v) is 7.38. The molecular weight excluding hydrogens is 240 g/mol. The molecule has 2 heterocycles. The zero-order chi connectivity index (χ0) is 12.8. The Balaban J connectivity index is 2.05. The lowest BCUT2D eigenvalue weighted by Gasteiger charge is -2.22. The fourth-order valence-corrected chi connectivity index (χ4v) is 2.94. The molecule has 0 aliphatic rings. The van der Waals surface area contributed by atoms with Crippen LogP contribution in [0.4, 0.5) is 0 Å². The number of aromatic nitrogens is 1. The summed E-state index contributed by atoms with van der Waals surface area (Å²) in [6, 6.07) is 9.24. The molecule has 18 heavy (non-hydrogen) atoms. The van der Waals surface area contributed by atoms with Crippen LogP contribution in [0.5, 0.6) is 0 Å². The topological polar surface area (TPSA) is 24.9 Å². The van der Waals surface area contributed by atoms with Crippen molar-refractivity contribution >= 4 is 11.3 Å². The monoisotopic (exact) mass is 260 g/mol. The molecule has 2 aromatic rings. The van der Waals surface area contributed by atoms with Gasteiger partial charge in [0.2, 0.25) is 0 Å². The van der Waals surface area contributed by atoms with Gasteiger partial charge in [0.05, 0.1) is 0 Å². The van der Waals surface area contributed by atoms with E-state index in [9.17, 15) is 0 Å². The third-order valence-electron chi connectivity index (χ3n) is 3.10. The maximum atomic E-state index is 4.18. The number of rotatable bonds is 6. The van der Waals surface area contributed by atoms with E-state index in [1.54, 1.807) is 0 Å². The predicted octanol–water partition coefficient (Wildman–Crippen LogP) is 4.34. The van der Waals surface area contributed by atoms with Crippen molar-refractivity contribution in [2.24, 2.45) is 0 Å². The van der Waals surface area contributed by atoms with Crippen molar-refractivity contribution in [1.29, 1.82) is 0 Å². The first-order valence-electron chi connectivity index (χ1n) is 6.50. The lowest BCUT2D eigenvalue weighted by molar-refractivity contribution is 0.444. The zero-order valence-corrected chi connectivity index (χ0v) is 11.8. The van der Waals surface area contributed by atoms with Crippen molar-refractivity contribution in [2.75, 3.05) is 0 Å². The van der Waals surface area contributed by atoms with E-state index in [1.807, 2.05) is 29.8 Å². The van der Waals surface area contributed by atoms with Crippen LogP contribution in [-0.2, 0) is 0 Å². The summed E-state index contributed by atoms with van der Waals surface area (Å²) in [7, 11) is 0. The van der Waals surface area contributed by atoms with Gasteiger partial charge in [0.15, 0.2) is 0 Å². The lowest BCUT2D eigenvalue weighted by Crippen LogP contribution is -2.24. The SMILES string of the molecule is CCCC(NC(C)c1cccnc1)c1cccs1. The van der Waals surface area contributed by atoms with Crippen LogP contribution in [0.25, 0.3) is 0 Å². The molecule has 0 aromatic carbocycles. The van der Waals surface area contributed by atoms with Crippen molar-refractivity contribution in [2.45, 2.75) is 38.8 Å². The Hall–Kier alpha value is -1.19. The summed E-state index contributed by atoms with van der Waals surface area (Å²) < 4.78 is 0. The summed E-state index contributed by atoms with van der Waals surface area (Å²) >= 11 is 1.83. The summed E-state index contributed by atoms with van der Waals surface area (Å²) in [5.74, 6) is 0. The van der Waals surface area contributed by atoms with E-state index in [-0.39, 0.29) is 0 Å². The molecule has 96 valence electrons. The Labute approximate surface area is 113 Å². The summed E-state index contributed by atoms with van der Waals surface area (Å²) in [5.41, 5.74) is 1.25. The van der Waals surface area contributed by atoms with Crippen LogP contribution in [0.15, 0.2) is 42.0 Å². The highest BCUT2D eigenvalue weighted by Crippen LogP contribution is 2.26. The first kappa shape index (κ1) is 13.2. The molecule has 0 saturated heterocycles. The van der Waals surface area contributed by atoms with Gasteiger partial charge >= 0.3 is 0 Å². The van der Waals surface area contributed by atoms with Crippen molar-refractivity contribution in [3.8, 4) is 0 Å². The molecule has 3 heteroatoms. The van der Waals surface area contributed by atoms with Crippen LogP contribution < -0.4 is 5.32 Å². The molecule has 1 N–H and O–H groups in total. The van der Waals surface area contributed by atoms with Crippen molar-refractivity contribution < 1.29 is 0 Å². The molecule has 0 saturated carbocycles. The molecule has 0 aliphatic carbocycles. The molecule has 0 amide bonds. The second-order valence-electron chi connectivity index (χ2n) is 4.53. The number of nitrogens with zero attached hydrogens (tertiary/aromatic N) is 1. The van der Waals surface area contributed by atoms with Gasteiger partial charge in [-0.25, -0.2) is 0 Å². The lowest BCUT2D eigenvalue weighted by atomic mass is 10.1. The smallest absolute Gasteiger partial charge is 0.0419 e. The van der Waals surface area contributed by atoms with Crippen LogP contribution in [0.3, 0.4) is 0 Å². The van der Waals surface area contributed by atoms with Crippen LogP contribution in [0, 0.1) is 0 Å². The van der Waals surface area contributed by atoms with E-state index < -0.39 is 0 Å². The van der Waals surface area contributed by atoms with Crippen LogP contribution >= 0.6 is 11.3 Å². The van der Waals surface area contributed by atoms with Gasteiger partial charge in [-0.3, -0.25) is 4.98 Å². The van der Waals surface area contributed by atoms with Gasteiger partial charge in [-0.1, -0.05) is 25.5 Å². The molecular formula is C15H20N2S. The number of pyridine rings is 1. The highest BCUT2D eigenvalue weighted by molar-refractivity contribution is 7.10. The average Bonchev–Trinajstić information content (AvgIpc) is 2.93. The quantitative estimate of drug-likeness (QED) is 0.836. The van der Waals surface area contributed by atoms with E-state index in [4.69, 9.17) is 0 Å². The Kier molecular flexibility index (Phi) is 4.90. The highest BCUT2D eigenvalue weighted by atomic mass is 32.1. The van der Waals surface area contributed by atoms with E-state index >= 15 is 0 Å². The van der Waals surface area contributed by atoms with Gasteiger partial charge in [-0.2, -0.15) is 0 Å². The number of thiophene rings is 1. The third kappa shape index (κ3) is 3.40. The Morgan fingerprint density at radius 1 is 1.33 bits per heavy atom. The maximum Gasteiger partial charge on any atom is 0.0419 e. The van der Waals surface area contributed by atoms with E-state index in [0.717, 1.165) is 0 Å². The van der Waals surface area contributed by atoms with Crippen molar-refractivity contribution in [3.63, 3.8) is 0 Å². The van der Waals surface area contributed by atoms with Crippen molar-refractivity contribution in [3.05, 3.63) is 52.5 Å². The van der Waals surface area contributed by atoms with Gasteiger partial charge in [0.1, 0.15) is 0 Å². The summed E-state index contributed by atoms with van der Waals surface area (Å²) in [4.78, 5) is 5.61. The fourth-order valence-electron chi connectivity index (χ4n) is 2.12. The second kappa shape index (κ2) is 6.66. The molecule has 0 spiro atoms. The molecule has 0 radical (unpaired) electrons. The van der Waals surface area contributed by atoms with Gasteiger partial charge in [0, 0.05) is 29.4 Å².